The number of piperidine rings is 1. The van der Waals surface area contributed by atoms with Gasteiger partial charge in [0.25, 0.3) is 0 Å². The summed E-state index contributed by atoms with van der Waals surface area (Å²) in [4.78, 5) is 17.1. The number of aromatic nitrogens is 1. The molecular weight excluding hydrogens is 314 g/mol. The number of nitrogens with zero attached hydrogens (tertiary/aromatic N) is 2. The van der Waals surface area contributed by atoms with Crippen molar-refractivity contribution in [2.24, 2.45) is 5.92 Å². The molecule has 0 aromatic carbocycles. The zero-order valence-corrected chi connectivity index (χ0v) is 13.0. The molecule has 1 amide bonds. The van der Waals surface area contributed by atoms with Gasteiger partial charge in [-0.2, -0.15) is 13.2 Å². The van der Waals surface area contributed by atoms with E-state index in [0.29, 0.717) is 38.2 Å². The molecule has 2 rings (SSSR count). The first-order chi connectivity index (χ1) is 10.7. The van der Waals surface area contributed by atoms with Crippen LogP contribution >= 0.6 is 0 Å². The molecule has 0 saturated carbocycles. The minimum absolute atomic E-state index is 0.0412. The fourth-order valence-corrected chi connectivity index (χ4v) is 2.57. The van der Waals surface area contributed by atoms with E-state index in [1.165, 1.54) is 0 Å². The quantitative estimate of drug-likeness (QED) is 0.865. The number of anilines is 1. The maximum Gasteiger partial charge on any atom is 0.417 e. The second kappa shape index (κ2) is 6.72. The van der Waals surface area contributed by atoms with E-state index in [9.17, 15) is 22.4 Å². The Labute approximate surface area is 131 Å². The second-order valence-electron chi connectivity index (χ2n) is 5.95. The molecule has 1 fully saturated rings. The summed E-state index contributed by atoms with van der Waals surface area (Å²) in [6.45, 7) is 4.50. The van der Waals surface area contributed by atoms with Gasteiger partial charge in [-0.3, -0.25) is 4.79 Å². The molecule has 8 heteroatoms. The lowest BCUT2D eigenvalue weighted by Crippen LogP contribution is -2.42. The van der Waals surface area contributed by atoms with Gasteiger partial charge in [0.15, 0.2) is 11.6 Å². The molecule has 1 aliphatic heterocycles. The van der Waals surface area contributed by atoms with Crippen molar-refractivity contribution in [1.82, 2.24) is 10.3 Å². The van der Waals surface area contributed by atoms with Gasteiger partial charge in [-0.1, -0.05) is 0 Å². The molecule has 1 N–H and O–H groups in total. The fourth-order valence-electron chi connectivity index (χ4n) is 2.57. The molecule has 0 aliphatic carbocycles. The van der Waals surface area contributed by atoms with Gasteiger partial charge in [-0.25, -0.2) is 9.37 Å². The predicted octanol–water partition coefficient (Wildman–Crippen LogP) is 2.98. The zero-order valence-electron chi connectivity index (χ0n) is 13.0. The number of pyridine rings is 1. The van der Waals surface area contributed by atoms with Crippen molar-refractivity contribution in [2.75, 3.05) is 18.0 Å². The number of amides is 1. The summed E-state index contributed by atoms with van der Waals surface area (Å²) >= 11 is 0. The van der Waals surface area contributed by atoms with E-state index in [1.807, 2.05) is 13.8 Å². The molecule has 2 heterocycles. The SMILES string of the molecule is CC(C)NC(=O)C1CCN(c2ncc(C(F)(F)F)cc2F)CC1. The van der Waals surface area contributed by atoms with Crippen LogP contribution in [0.5, 0.6) is 0 Å². The first kappa shape index (κ1) is 17.5. The Hall–Kier alpha value is -1.86. The monoisotopic (exact) mass is 333 g/mol. The fraction of sp³-hybridized carbons (Fsp3) is 0.600. The van der Waals surface area contributed by atoms with E-state index in [2.05, 4.69) is 10.3 Å². The van der Waals surface area contributed by atoms with E-state index in [1.54, 1.807) is 4.90 Å². The van der Waals surface area contributed by atoms with E-state index in [4.69, 9.17) is 0 Å². The van der Waals surface area contributed by atoms with Crippen molar-refractivity contribution in [3.8, 4) is 0 Å². The van der Waals surface area contributed by atoms with Gasteiger partial charge < -0.3 is 10.2 Å². The number of nitrogens with one attached hydrogen (secondary N) is 1. The lowest BCUT2D eigenvalue weighted by Gasteiger charge is -2.32. The van der Waals surface area contributed by atoms with Crippen molar-refractivity contribution in [1.29, 1.82) is 0 Å². The van der Waals surface area contributed by atoms with Gasteiger partial charge in [0.05, 0.1) is 5.56 Å². The molecule has 4 nitrogen and oxygen atoms in total. The van der Waals surface area contributed by atoms with E-state index >= 15 is 0 Å². The number of hydrogen-bond acceptors (Lipinski definition) is 3. The third-order valence-electron chi connectivity index (χ3n) is 3.75. The first-order valence-corrected chi connectivity index (χ1v) is 7.46. The Morgan fingerprint density at radius 2 is 1.96 bits per heavy atom. The lowest BCUT2D eigenvalue weighted by atomic mass is 9.95. The van der Waals surface area contributed by atoms with Crippen LogP contribution in [-0.4, -0.2) is 30.0 Å². The normalized spacial score (nSPS) is 16.7. The van der Waals surface area contributed by atoms with Gasteiger partial charge >= 0.3 is 6.18 Å². The summed E-state index contributed by atoms with van der Waals surface area (Å²) in [7, 11) is 0. The zero-order chi connectivity index (χ0) is 17.2. The number of rotatable bonds is 3. The summed E-state index contributed by atoms with van der Waals surface area (Å²) < 4.78 is 51.5. The van der Waals surface area contributed by atoms with Gasteiger partial charge in [-0.05, 0) is 32.8 Å². The lowest BCUT2D eigenvalue weighted by molar-refractivity contribution is -0.138. The average Bonchev–Trinajstić information content (AvgIpc) is 2.45. The van der Waals surface area contributed by atoms with Crippen LogP contribution < -0.4 is 10.2 Å². The Bertz CT molecular complexity index is 566. The minimum atomic E-state index is -4.62. The van der Waals surface area contributed by atoms with Crippen LogP contribution in [0.1, 0.15) is 32.3 Å². The van der Waals surface area contributed by atoms with E-state index < -0.39 is 17.6 Å². The van der Waals surface area contributed by atoms with Crippen LogP contribution in [0.4, 0.5) is 23.4 Å². The highest BCUT2D eigenvalue weighted by molar-refractivity contribution is 5.79. The third kappa shape index (κ3) is 4.33. The van der Waals surface area contributed by atoms with Crippen LogP contribution in [0.2, 0.25) is 0 Å². The van der Waals surface area contributed by atoms with Crippen LogP contribution in [0, 0.1) is 11.7 Å². The molecule has 0 unspecified atom stereocenters. The van der Waals surface area contributed by atoms with Crippen LogP contribution in [0.15, 0.2) is 12.3 Å². The Morgan fingerprint density at radius 3 is 2.43 bits per heavy atom. The number of hydrogen-bond donors (Lipinski definition) is 1. The molecule has 1 aromatic heterocycles. The van der Waals surface area contributed by atoms with Crippen molar-refractivity contribution in [3.63, 3.8) is 0 Å². The maximum absolute atomic E-state index is 13.9. The number of alkyl halides is 3. The highest BCUT2D eigenvalue weighted by Gasteiger charge is 2.33. The van der Waals surface area contributed by atoms with E-state index in [-0.39, 0.29) is 23.7 Å². The van der Waals surface area contributed by atoms with Gasteiger partial charge in [0.2, 0.25) is 5.91 Å². The highest BCUT2D eigenvalue weighted by atomic mass is 19.4. The topological polar surface area (TPSA) is 45.2 Å². The van der Waals surface area contributed by atoms with E-state index in [0.717, 1.165) is 0 Å². The predicted molar refractivity (Wildman–Crippen MR) is 77.4 cm³/mol. The summed E-state index contributed by atoms with van der Waals surface area (Å²) in [6.07, 6.45) is -2.95. The standard InChI is InChI=1S/C15H19F4N3O/c1-9(2)21-14(23)10-3-5-22(6-4-10)13-12(16)7-11(8-20-13)15(17,18)19/h7-10H,3-6H2,1-2H3,(H,21,23). The average molecular weight is 333 g/mol. The van der Waals surface area contributed by atoms with Gasteiger partial charge in [-0.15, -0.1) is 0 Å². The molecule has 0 bridgehead atoms. The Morgan fingerprint density at radius 1 is 1.35 bits per heavy atom. The van der Waals surface area contributed by atoms with Crippen LogP contribution in [-0.2, 0) is 11.0 Å². The summed E-state index contributed by atoms with van der Waals surface area (Å²) in [5, 5.41) is 2.83. The molecule has 128 valence electrons. The molecule has 1 saturated heterocycles. The number of carbonyl (C=O) groups excluding carboxylic acids is 1. The number of carbonyl (C=O) groups is 1. The smallest absolute Gasteiger partial charge is 0.354 e. The summed E-state index contributed by atoms with van der Waals surface area (Å²) in [6, 6.07) is 0.509. The summed E-state index contributed by atoms with van der Waals surface area (Å²) in [5.41, 5.74) is -1.11. The number of halogens is 4. The molecule has 1 aromatic rings. The maximum atomic E-state index is 13.9. The molecule has 0 radical (unpaired) electrons. The Balaban J connectivity index is 2.02. The van der Waals surface area contributed by atoms with Crippen molar-refractivity contribution in [3.05, 3.63) is 23.6 Å². The largest absolute Gasteiger partial charge is 0.417 e. The second-order valence-corrected chi connectivity index (χ2v) is 5.95. The molecule has 0 atom stereocenters. The molecule has 1 aliphatic rings. The van der Waals surface area contributed by atoms with Gasteiger partial charge in [0, 0.05) is 31.2 Å². The van der Waals surface area contributed by atoms with Crippen molar-refractivity contribution >= 4 is 11.7 Å². The molecule has 23 heavy (non-hydrogen) atoms. The van der Waals surface area contributed by atoms with Crippen LogP contribution in [0.3, 0.4) is 0 Å². The van der Waals surface area contributed by atoms with Crippen molar-refractivity contribution in [2.45, 2.75) is 38.9 Å². The summed E-state index contributed by atoms with van der Waals surface area (Å²) in [5.74, 6) is -1.29. The van der Waals surface area contributed by atoms with Crippen LogP contribution in [0.25, 0.3) is 0 Å². The Kier molecular flexibility index (Phi) is 5.11. The first-order valence-electron chi connectivity index (χ1n) is 7.46. The minimum Gasteiger partial charge on any atom is -0.354 e. The highest BCUT2D eigenvalue weighted by Crippen LogP contribution is 2.31. The van der Waals surface area contributed by atoms with Crippen molar-refractivity contribution < 1.29 is 22.4 Å². The van der Waals surface area contributed by atoms with Gasteiger partial charge in [0.1, 0.15) is 0 Å². The molecular formula is C15H19F4N3O. The third-order valence-corrected chi connectivity index (χ3v) is 3.75. The molecule has 0 spiro atoms.